The van der Waals surface area contributed by atoms with Gasteiger partial charge < -0.3 is 26.0 Å². The number of ether oxygens (including phenoxy) is 1. The number of anilines is 3. The van der Waals surface area contributed by atoms with Crippen molar-refractivity contribution in [3.63, 3.8) is 0 Å². The zero-order chi connectivity index (χ0) is 21.7. The van der Waals surface area contributed by atoms with Gasteiger partial charge in [0, 0.05) is 24.8 Å². The zero-order valence-corrected chi connectivity index (χ0v) is 17.5. The first kappa shape index (κ1) is 21.4. The standard InChI is InChI=1S/C21H28N6O3/c1-21(2,3)30-20(29)27-11-7-10-15(12-27)25-18-16(17(22)23-13-24-18)19(28)26-14-8-5-4-6-9-14/h4-6,8-9,13,15H,7,10-12H2,1-3H3,(H,26,28)(H3,22,23,24,25)/t15-/m1/s1. The lowest BCUT2D eigenvalue weighted by Crippen LogP contribution is -2.47. The first-order chi connectivity index (χ1) is 14.2. The van der Waals surface area contributed by atoms with Crippen molar-refractivity contribution in [3.05, 3.63) is 42.2 Å². The van der Waals surface area contributed by atoms with Crippen molar-refractivity contribution in [1.82, 2.24) is 14.9 Å². The summed E-state index contributed by atoms with van der Waals surface area (Å²) in [6.07, 6.45) is 2.59. The molecule has 1 aromatic carbocycles. The molecule has 9 nitrogen and oxygen atoms in total. The molecule has 2 aromatic rings. The Kier molecular flexibility index (Phi) is 6.39. The van der Waals surface area contributed by atoms with Gasteiger partial charge in [-0.1, -0.05) is 18.2 Å². The summed E-state index contributed by atoms with van der Waals surface area (Å²) in [5.74, 6) is 0.0225. The van der Waals surface area contributed by atoms with Gasteiger partial charge in [0.05, 0.1) is 0 Å². The highest BCUT2D eigenvalue weighted by atomic mass is 16.6. The summed E-state index contributed by atoms with van der Waals surface area (Å²) >= 11 is 0. The normalized spacial score (nSPS) is 16.6. The summed E-state index contributed by atoms with van der Waals surface area (Å²) < 4.78 is 5.47. The van der Waals surface area contributed by atoms with Crippen LogP contribution in [0.2, 0.25) is 0 Å². The molecule has 1 aromatic heterocycles. The van der Waals surface area contributed by atoms with E-state index in [2.05, 4.69) is 20.6 Å². The van der Waals surface area contributed by atoms with E-state index in [0.29, 0.717) is 24.6 Å². The molecule has 0 bridgehead atoms. The number of nitrogens with zero attached hydrogens (tertiary/aromatic N) is 3. The Balaban J connectivity index is 1.73. The Bertz CT molecular complexity index is 897. The molecule has 0 aliphatic carbocycles. The van der Waals surface area contributed by atoms with Crippen molar-refractivity contribution in [2.24, 2.45) is 0 Å². The second kappa shape index (κ2) is 8.98. The smallest absolute Gasteiger partial charge is 0.410 e. The van der Waals surface area contributed by atoms with Crippen molar-refractivity contribution < 1.29 is 14.3 Å². The van der Waals surface area contributed by atoms with Crippen LogP contribution in [0.4, 0.5) is 22.1 Å². The first-order valence-electron chi connectivity index (χ1n) is 9.94. The van der Waals surface area contributed by atoms with Crippen LogP contribution in [-0.2, 0) is 4.74 Å². The van der Waals surface area contributed by atoms with E-state index in [-0.39, 0.29) is 23.5 Å². The summed E-state index contributed by atoms with van der Waals surface area (Å²) in [6.45, 7) is 6.59. The molecule has 1 aliphatic rings. The lowest BCUT2D eigenvalue weighted by molar-refractivity contribution is 0.0206. The van der Waals surface area contributed by atoms with Crippen LogP contribution < -0.4 is 16.4 Å². The van der Waals surface area contributed by atoms with Gasteiger partial charge in [0.2, 0.25) is 0 Å². The largest absolute Gasteiger partial charge is 0.444 e. The summed E-state index contributed by atoms with van der Waals surface area (Å²) in [4.78, 5) is 35.1. The quantitative estimate of drug-likeness (QED) is 0.705. The number of para-hydroxylation sites is 1. The molecule has 0 radical (unpaired) electrons. The monoisotopic (exact) mass is 412 g/mol. The number of amides is 2. The second-order valence-electron chi connectivity index (χ2n) is 8.21. The molecule has 1 atom stereocenters. The van der Waals surface area contributed by atoms with Crippen LogP contribution in [0.3, 0.4) is 0 Å². The van der Waals surface area contributed by atoms with E-state index in [4.69, 9.17) is 10.5 Å². The minimum atomic E-state index is -0.554. The Morgan fingerprint density at radius 2 is 1.93 bits per heavy atom. The minimum Gasteiger partial charge on any atom is -0.444 e. The summed E-state index contributed by atoms with van der Waals surface area (Å²) in [6, 6.07) is 8.99. The number of aromatic nitrogens is 2. The van der Waals surface area contributed by atoms with Gasteiger partial charge in [-0.3, -0.25) is 4.79 Å². The van der Waals surface area contributed by atoms with Gasteiger partial charge in [0.25, 0.3) is 5.91 Å². The number of benzene rings is 1. The van der Waals surface area contributed by atoms with Crippen LogP contribution in [0.25, 0.3) is 0 Å². The number of piperidine rings is 1. The lowest BCUT2D eigenvalue weighted by Gasteiger charge is -2.34. The molecular weight excluding hydrogens is 384 g/mol. The number of nitrogens with one attached hydrogen (secondary N) is 2. The third-order valence-corrected chi connectivity index (χ3v) is 4.55. The van der Waals surface area contributed by atoms with Crippen molar-refractivity contribution in [2.75, 3.05) is 29.5 Å². The number of nitrogen functional groups attached to an aromatic ring is 1. The third kappa shape index (κ3) is 5.59. The molecular formula is C21H28N6O3. The highest BCUT2D eigenvalue weighted by Crippen LogP contribution is 2.23. The maximum absolute atomic E-state index is 12.8. The van der Waals surface area contributed by atoms with E-state index >= 15 is 0 Å². The summed E-state index contributed by atoms with van der Waals surface area (Å²) in [5, 5.41) is 6.07. The third-order valence-electron chi connectivity index (χ3n) is 4.55. The maximum atomic E-state index is 12.8. The fourth-order valence-electron chi connectivity index (χ4n) is 3.23. The van der Waals surface area contributed by atoms with Gasteiger partial charge in [-0.2, -0.15) is 0 Å². The Morgan fingerprint density at radius 3 is 2.63 bits per heavy atom. The summed E-state index contributed by atoms with van der Waals surface area (Å²) in [7, 11) is 0. The van der Waals surface area contributed by atoms with Crippen molar-refractivity contribution in [1.29, 1.82) is 0 Å². The Labute approximate surface area is 176 Å². The number of nitrogens with two attached hydrogens (primary N) is 1. The highest BCUT2D eigenvalue weighted by molar-refractivity contribution is 6.10. The van der Waals surface area contributed by atoms with E-state index in [1.165, 1.54) is 6.33 Å². The minimum absolute atomic E-state index is 0.0840. The topological polar surface area (TPSA) is 122 Å². The van der Waals surface area contributed by atoms with E-state index < -0.39 is 11.5 Å². The van der Waals surface area contributed by atoms with E-state index in [1.54, 1.807) is 17.0 Å². The first-order valence-corrected chi connectivity index (χ1v) is 9.94. The zero-order valence-electron chi connectivity index (χ0n) is 17.5. The number of hydrogen-bond acceptors (Lipinski definition) is 7. The van der Waals surface area contributed by atoms with Gasteiger partial charge in [-0.05, 0) is 45.7 Å². The number of carbonyl (C=O) groups is 2. The molecule has 1 fully saturated rings. The Hall–Kier alpha value is -3.36. The average molecular weight is 412 g/mol. The molecule has 30 heavy (non-hydrogen) atoms. The SMILES string of the molecule is CC(C)(C)OC(=O)N1CCC[C@@H](Nc2ncnc(N)c2C(=O)Nc2ccccc2)C1. The molecule has 4 N–H and O–H groups in total. The summed E-state index contributed by atoms with van der Waals surface area (Å²) in [5.41, 5.74) is 6.26. The predicted molar refractivity (Wildman–Crippen MR) is 115 cm³/mol. The van der Waals surface area contributed by atoms with Crippen molar-refractivity contribution in [3.8, 4) is 0 Å². The molecule has 1 aliphatic heterocycles. The van der Waals surface area contributed by atoms with Gasteiger partial charge in [0.1, 0.15) is 29.1 Å². The van der Waals surface area contributed by atoms with Crippen LogP contribution in [0.5, 0.6) is 0 Å². The predicted octanol–water partition coefficient (Wildman–Crippen LogP) is 3.12. The van der Waals surface area contributed by atoms with E-state index in [9.17, 15) is 9.59 Å². The Morgan fingerprint density at radius 1 is 1.20 bits per heavy atom. The molecule has 1 saturated heterocycles. The van der Waals surface area contributed by atoms with Gasteiger partial charge in [0.15, 0.2) is 0 Å². The van der Waals surface area contributed by atoms with E-state index in [0.717, 1.165) is 12.8 Å². The number of hydrogen-bond donors (Lipinski definition) is 3. The molecule has 3 rings (SSSR count). The molecule has 2 heterocycles. The highest BCUT2D eigenvalue weighted by Gasteiger charge is 2.29. The molecule has 0 spiro atoms. The van der Waals surface area contributed by atoms with Gasteiger partial charge in [-0.25, -0.2) is 14.8 Å². The molecule has 2 amide bonds. The number of rotatable bonds is 4. The fraction of sp³-hybridized carbons (Fsp3) is 0.429. The van der Waals surface area contributed by atoms with Crippen LogP contribution in [0.15, 0.2) is 36.7 Å². The lowest BCUT2D eigenvalue weighted by atomic mass is 10.1. The van der Waals surface area contributed by atoms with Crippen LogP contribution >= 0.6 is 0 Å². The van der Waals surface area contributed by atoms with Crippen LogP contribution in [0, 0.1) is 0 Å². The van der Waals surface area contributed by atoms with Gasteiger partial charge in [-0.15, -0.1) is 0 Å². The number of likely N-dealkylation sites (tertiary alicyclic amines) is 1. The average Bonchev–Trinajstić information content (AvgIpc) is 2.67. The van der Waals surface area contributed by atoms with Gasteiger partial charge >= 0.3 is 6.09 Å². The molecule has 160 valence electrons. The second-order valence-corrected chi connectivity index (χ2v) is 8.21. The van der Waals surface area contributed by atoms with Crippen LogP contribution in [-0.4, -0.2) is 51.6 Å². The fourth-order valence-corrected chi connectivity index (χ4v) is 3.23. The molecule has 9 heteroatoms. The van der Waals surface area contributed by atoms with Crippen molar-refractivity contribution >= 4 is 29.3 Å². The number of carbonyl (C=O) groups excluding carboxylic acids is 2. The molecule has 0 unspecified atom stereocenters. The van der Waals surface area contributed by atoms with Crippen LogP contribution in [0.1, 0.15) is 44.0 Å². The van der Waals surface area contributed by atoms with E-state index in [1.807, 2.05) is 39.0 Å². The van der Waals surface area contributed by atoms with Crippen molar-refractivity contribution in [2.45, 2.75) is 45.3 Å². The maximum Gasteiger partial charge on any atom is 0.410 e. The molecule has 0 saturated carbocycles.